The van der Waals surface area contributed by atoms with E-state index in [1.807, 2.05) is 0 Å². The van der Waals surface area contributed by atoms with Gasteiger partial charge in [0.2, 0.25) is 0 Å². The molecule has 0 spiro atoms. The molecule has 2 rings (SSSR count). The highest BCUT2D eigenvalue weighted by atomic mass is 19.1. The zero-order valence-corrected chi connectivity index (χ0v) is 12.4. The maximum atomic E-state index is 13.6. The Morgan fingerprint density at radius 2 is 2.14 bits per heavy atom. The van der Waals surface area contributed by atoms with Crippen molar-refractivity contribution >= 4 is 11.9 Å². The van der Waals surface area contributed by atoms with Crippen LogP contribution in [-0.4, -0.2) is 29.1 Å². The van der Waals surface area contributed by atoms with Crippen molar-refractivity contribution in [2.75, 3.05) is 0 Å². The average molecular weight is 309 g/mol. The largest absolute Gasteiger partial charge is 0.481 e. The van der Waals surface area contributed by atoms with Gasteiger partial charge in [0, 0.05) is 6.04 Å². The van der Waals surface area contributed by atoms with Crippen molar-refractivity contribution in [2.24, 2.45) is 5.92 Å². The number of para-hydroxylation sites is 1. The van der Waals surface area contributed by atoms with Gasteiger partial charge in [-0.3, -0.25) is 9.59 Å². The average Bonchev–Trinajstić information content (AvgIpc) is 2.95. The Balaban J connectivity index is 1.92. The van der Waals surface area contributed by atoms with E-state index >= 15 is 0 Å². The number of carbonyl (C=O) groups is 2. The molecule has 5 nitrogen and oxygen atoms in total. The van der Waals surface area contributed by atoms with Crippen LogP contribution in [0.1, 0.15) is 32.6 Å². The van der Waals surface area contributed by atoms with E-state index in [1.165, 1.54) is 12.1 Å². The molecule has 0 radical (unpaired) electrons. The smallest absolute Gasteiger partial charge is 0.306 e. The van der Waals surface area contributed by atoms with Gasteiger partial charge in [0.25, 0.3) is 5.91 Å². The quantitative estimate of drug-likeness (QED) is 0.846. The molecule has 1 aromatic carbocycles. The van der Waals surface area contributed by atoms with Crippen molar-refractivity contribution in [1.29, 1.82) is 0 Å². The Kier molecular flexibility index (Phi) is 5.35. The first-order valence-electron chi connectivity index (χ1n) is 7.45. The first-order valence-corrected chi connectivity index (χ1v) is 7.45. The first kappa shape index (κ1) is 16.3. The summed E-state index contributed by atoms with van der Waals surface area (Å²) in [5, 5.41) is 11.8. The Hall–Kier alpha value is -2.11. The summed E-state index contributed by atoms with van der Waals surface area (Å²) < 4.78 is 19.0. The monoisotopic (exact) mass is 309 g/mol. The number of halogens is 1. The second kappa shape index (κ2) is 7.24. The molecule has 1 aliphatic carbocycles. The highest BCUT2D eigenvalue weighted by Crippen LogP contribution is 2.26. The Bertz CT molecular complexity index is 549. The number of hydrogen-bond acceptors (Lipinski definition) is 3. The molecule has 0 bridgehead atoms. The van der Waals surface area contributed by atoms with Crippen LogP contribution in [0.2, 0.25) is 0 Å². The van der Waals surface area contributed by atoms with Crippen molar-refractivity contribution < 1.29 is 23.8 Å². The lowest BCUT2D eigenvalue weighted by molar-refractivity contribution is -0.141. The minimum absolute atomic E-state index is 0.0411. The van der Waals surface area contributed by atoms with Crippen LogP contribution in [-0.2, 0) is 9.59 Å². The number of amides is 1. The maximum Gasteiger partial charge on any atom is 0.306 e. The molecule has 1 aromatic rings. The minimum Gasteiger partial charge on any atom is -0.481 e. The Labute approximate surface area is 128 Å². The lowest BCUT2D eigenvalue weighted by atomic mass is 10.1. The molecule has 2 N–H and O–H groups in total. The van der Waals surface area contributed by atoms with Gasteiger partial charge in [0.05, 0.1) is 5.92 Å². The fraction of sp³-hybridized carbons (Fsp3) is 0.500. The van der Waals surface area contributed by atoms with Gasteiger partial charge in [0.15, 0.2) is 17.7 Å². The molecule has 0 saturated heterocycles. The van der Waals surface area contributed by atoms with E-state index in [4.69, 9.17) is 9.84 Å². The number of aliphatic carboxylic acids is 1. The van der Waals surface area contributed by atoms with E-state index in [2.05, 4.69) is 5.32 Å². The molecule has 0 heterocycles. The number of carboxylic acid groups (broad SMARTS) is 1. The summed E-state index contributed by atoms with van der Waals surface area (Å²) >= 11 is 0. The van der Waals surface area contributed by atoms with E-state index in [1.54, 1.807) is 19.1 Å². The predicted octanol–water partition coefficient (Wildman–Crippen LogP) is 2.35. The van der Waals surface area contributed by atoms with Gasteiger partial charge in [-0.1, -0.05) is 19.1 Å². The third-order valence-corrected chi connectivity index (χ3v) is 3.90. The number of rotatable bonds is 6. The van der Waals surface area contributed by atoms with Crippen molar-refractivity contribution in [3.8, 4) is 5.75 Å². The maximum absolute atomic E-state index is 13.6. The first-order chi connectivity index (χ1) is 10.5. The number of ether oxygens (including phenoxy) is 1. The molecule has 6 heteroatoms. The molecular weight excluding hydrogens is 289 g/mol. The molecule has 1 fully saturated rings. The van der Waals surface area contributed by atoms with E-state index in [0.29, 0.717) is 25.7 Å². The van der Waals surface area contributed by atoms with Gasteiger partial charge < -0.3 is 15.2 Å². The number of nitrogens with one attached hydrogen (secondary N) is 1. The Morgan fingerprint density at radius 3 is 2.73 bits per heavy atom. The van der Waals surface area contributed by atoms with Crippen LogP contribution < -0.4 is 10.1 Å². The van der Waals surface area contributed by atoms with Gasteiger partial charge in [-0.2, -0.15) is 0 Å². The molecule has 1 unspecified atom stereocenters. The van der Waals surface area contributed by atoms with E-state index in [0.717, 1.165) is 0 Å². The highest BCUT2D eigenvalue weighted by molar-refractivity contribution is 5.81. The molecule has 0 aromatic heterocycles. The summed E-state index contributed by atoms with van der Waals surface area (Å²) in [6.45, 7) is 1.78. The summed E-state index contributed by atoms with van der Waals surface area (Å²) in [7, 11) is 0. The van der Waals surface area contributed by atoms with E-state index < -0.39 is 23.8 Å². The van der Waals surface area contributed by atoms with Crippen LogP contribution in [0.5, 0.6) is 5.75 Å². The number of carboxylic acids is 1. The molecule has 120 valence electrons. The lowest BCUT2D eigenvalue weighted by Crippen LogP contribution is -2.43. The van der Waals surface area contributed by atoms with Crippen LogP contribution in [0.25, 0.3) is 0 Å². The third kappa shape index (κ3) is 3.96. The predicted molar refractivity (Wildman–Crippen MR) is 78.0 cm³/mol. The van der Waals surface area contributed by atoms with E-state index in [9.17, 15) is 14.0 Å². The van der Waals surface area contributed by atoms with Gasteiger partial charge in [0.1, 0.15) is 0 Å². The second-order valence-corrected chi connectivity index (χ2v) is 5.50. The van der Waals surface area contributed by atoms with Crippen molar-refractivity contribution in [3.63, 3.8) is 0 Å². The number of benzene rings is 1. The molecule has 1 saturated carbocycles. The summed E-state index contributed by atoms with van der Waals surface area (Å²) in [5.41, 5.74) is 0. The number of hydrogen-bond donors (Lipinski definition) is 2. The van der Waals surface area contributed by atoms with Crippen molar-refractivity contribution in [1.82, 2.24) is 5.32 Å². The van der Waals surface area contributed by atoms with Crippen molar-refractivity contribution in [3.05, 3.63) is 30.1 Å². The zero-order chi connectivity index (χ0) is 16.1. The van der Waals surface area contributed by atoms with E-state index in [-0.39, 0.29) is 17.7 Å². The van der Waals surface area contributed by atoms with Crippen LogP contribution in [0.4, 0.5) is 4.39 Å². The minimum atomic E-state index is -0.827. The second-order valence-electron chi connectivity index (χ2n) is 5.50. The van der Waals surface area contributed by atoms with Gasteiger partial charge >= 0.3 is 5.97 Å². The molecular formula is C16H20FNO4. The molecule has 1 amide bonds. The van der Waals surface area contributed by atoms with Crippen LogP contribution in [0.3, 0.4) is 0 Å². The van der Waals surface area contributed by atoms with Crippen molar-refractivity contribution in [2.45, 2.75) is 44.8 Å². The molecule has 0 aliphatic heterocycles. The summed E-state index contributed by atoms with van der Waals surface area (Å²) in [5.74, 6) is -2.04. The van der Waals surface area contributed by atoms with Gasteiger partial charge in [-0.15, -0.1) is 0 Å². The Morgan fingerprint density at radius 1 is 1.41 bits per heavy atom. The lowest BCUT2D eigenvalue weighted by Gasteiger charge is -2.20. The highest BCUT2D eigenvalue weighted by Gasteiger charge is 2.32. The fourth-order valence-corrected chi connectivity index (χ4v) is 2.65. The van der Waals surface area contributed by atoms with Gasteiger partial charge in [-0.05, 0) is 37.8 Å². The zero-order valence-electron chi connectivity index (χ0n) is 12.4. The topological polar surface area (TPSA) is 75.6 Å². The van der Waals surface area contributed by atoms with Gasteiger partial charge in [-0.25, -0.2) is 4.39 Å². The number of carbonyl (C=O) groups excluding carboxylic acids is 1. The molecule has 1 aliphatic rings. The normalized spacial score (nSPS) is 22.1. The summed E-state index contributed by atoms with van der Waals surface area (Å²) in [6, 6.07) is 5.77. The summed E-state index contributed by atoms with van der Waals surface area (Å²) in [6.07, 6.45) is 1.23. The van der Waals surface area contributed by atoms with Crippen LogP contribution >= 0.6 is 0 Å². The standard InChI is InChI=1S/C16H20FNO4/c1-2-13(22-14-6-4-3-5-12(14)17)15(19)18-11-8-7-10(9-11)16(20)21/h3-6,10-11,13H,2,7-9H2,1H3,(H,18,19)(H,20,21)/t10-,11+,13?/m1/s1. The molecule has 3 atom stereocenters. The fourth-order valence-electron chi connectivity index (χ4n) is 2.65. The summed E-state index contributed by atoms with van der Waals surface area (Å²) in [4.78, 5) is 23.1. The molecule has 22 heavy (non-hydrogen) atoms. The van der Waals surface area contributed by atoms with Crippen LogP contribution in [0.15, 0.2) is 24.3 Å². The SMILES string of the molecule is CCC(Oc1ccccc1F)C(=O)N[C@H]1CC[C@@H](C(=O)O)C1. The van der Waals surface area contributed by atoms with Crippen LogP contribution in [0, 0.1) is 11.7 Å². The third-order valence-electron chi connectivity index (χ3n) is 3.90.